The molecule has 6 heteroatoms. The highest BCUT2D eigenvalue weighted by molar-refractivity contribution is 6.45. The van der Waals surface area contributed by atoms with Crippen LogP contribution in [0, 0.1) is 5.82 Å². The van der Waals surface area contributed by atoms with Gasteiger partial charge in [-0.25, -0.2) is 4.39 Å². The molecule has 0 heterocycles. The van der Waals surface area contributed by atoms with Crippen molar-refractivity contribution in [3.05, 3.63) is 104 Å². The molecule has 32 heavy (non-hydrogen) atoms. The van der Waals surface area contributed by atoms with Gasteiger partial charge in [-0.3, -0.25) is 4.79 Å². The first kappa shape index (κ1) is 24.6. The quantitative estimate of drug-likeness (QED) is 0.319. The third-order valence-corrected chi connectivity index (χ3v) is 6.28. The number of rotatable bonds is 6. The van der Waals surface area contributed by atoms with Crippen molar-refractivity contribution in [2.45, 2.75) is 39.2 Å². The van der Waals surface area contributed by atoms with Crippen LogP contribution >= 0.6 is 34.8 Å². The lowest BCUT2D eigenvalue weighted by molar-refractivity contribution is 0.0745. The number of halogens is 4. The molecule has 0 radical (unpaired) electrons. The van der Waals surface area contributed by atoms with Crippen molar-refractivity contribution in [3.8, 4) is 0 Å². The van der Waals surface area contributed by atoms with Gasteiger partial charge in [-0.1, -0.05) is 92.0 Å². The fourth-order valence-electron chi connectivity index (χ4n) is 3.42. The molecular weight excluding hydrogens is 468 g/mol. The second kappa shape index (κ2) is 10.2. The number of carbonyl (C=O) groups excluding carboxylic acids is 1. The molecule has 0 bridgehead atoms. The minimum atomic E-state index is -0.303. The molecule has 0 atom stereocenters. The molecule has 3 aromatic rings. The minimum absolute atomic E-state index is 0.0382. The van der Waals surface area contributed by atoms with Crippen LogP contribution in [0.15, 0.2) is 60.7 Å². The van der Waals surface area contributed by atoms with Crippen molar-refractivity contribution in [2.24, 2.45) is 0 Å². The first-order valence-corrected chi connectivity index (χ1v) is 11.5. The van der Waals surface area contributed by atoms with E-state index < -0.39 is 0 Å². The molecule has 0 unspecified atom stereocenters. The monoisotopic (exact) mass is 491 g/mol. The molecule has 0 saturated heterocycles. The molecule has 2 nitrogen and oxygen atoms in total. The number of carbonyl (C=O) groups is 1. The summed E-state index contributed by atoms with van der Waals surface area (Å²) in [7, 11) is 0. The van der Waals surface area contributed by atoms with Crippen LogP contribution in [0.3, 0.4) is 0 Å². The maximum absolute atomic E-state index is 13.6. The standard InChI is InChI=1S/C26H25Cl3FNO/c1-26(2,3)19-9-7-18(8-10-19)16-31(12-11-17-5-4-6-21(30)13-17)25(32)22-14-20(27)15-23(28)24(22)29/h4-10,13-15H,11-12,16H2,1-3H3. The number of hydrogen-bond donors (Lipinski definition) is 0. The van der Waals surface area contributed by atoms with Gasteiger partial charge in [0.2, 0.25) is 0 Å². The van der Waals surface area contributed by atoms with E-state index in [-0.39, 0.29) is 32.7 Å². The van der Waals surface area contributed by atoms with E-state index in [4.69, 9.17) is 34.8 Å². The van der Waals surface area contributed by atoms with Crippen molar-refractivity contribution in [2.75, 3.05) is 6.54 Å². The average molecular weight is 493 g/mol. The van der Waals surface area contributed by atoms with E-state index >= 15 is 0 Å². The zero-order chi connectivity index (χ0) is 23.5. The topological polar surface area (TPSA) is 20.3 Å². The number of benzene rings is 3. The highest BCUT2D eigenvalue weighted by atomic mass is 35.5. The molecule has 0 aliphatic heterocycles. The minimum Gasteiger partial charge on any atom is -0.334 e. The Morgan fingerprint density at radius 3 is 2.25 bits per heavy atom. The SMILES string of the molecule is CC(C)(C)c1ccc(CN(CCc2cccc(F)c2)C(=O)c2cc(Cl)cc(Cl)c2Cl)cc1. The van der Waals surface area contributed by atoms with E-state index in [1.807, 2.05) is 18.2 Å². The summed E-state index contributed by atoms with van der Waals surface area (Å²) in [5, 5.41) is 0.726. The Morgan fingerprint density at radius 1 is 0.938 bits per heavy atom. The van der Waals surface area contributed by atoms with Crippen LogP contribution in [0.5, 0.6) is 0 Å². The maximum Gasteiger partial charge on any atom is 0.255 e. The molecule has 0 aliphatic rings. The molecule has 3 rings (SSSR count). The highest BCUT2D eigenvalue weighted by Gasteiger charge is 2.22. The Balaban J connectivity index is 1.89. The number of amides is 1. The van der Waals surface area contributed by atoms with Crippen molar-refractivity contribution >= 4 is 40.7 Å². The van der Waals surface area contributed by atoms with Gasteiger partial charge in [-0.05, 0) is 52.8 Å². The second-order valence-electron chi connectivity index (χ2n) is 8.80. The summed E-state index contributed by atoms with van der Waals surface area (Å²) in [4.78, 5) is 15.1. The molecule has 168 valence electrons. The molecule has 0 spiro atoms. The number of nitrogens with zero attached hydrogens (tertiary/aromatic N) is 1. The predicted molar refractivity (Wildman–Crippen MR) is 131 cm³/mol. The molecule has 0 fully saturated rings. The normalized spacial score (nSPS) is 11.5. The van der Waals surface area contributed by atoms with Crippen LogP contribution in [0.1, 0.15) is 47.8 Å². The van der Waals surface area contributed by atoms with Gasteiger partial charge in [0.25, 0.3) is 5.91 Å². The summed E-state index contributed by atoms with van der Waals surface area (Å²) in [6.45, 7) is 7.22. The van der Waals surface area contributed by atoms with Crippen LogP contribution in [0.4, 0.5) is 4.39 Å². The molecule has 0 aromatic heterocycles. The zero-order valence-electron chi connectivity index (χ0n) is 18.3. The smallest absolute Gasteiger partial charge is 0.255 e. The van der Waals surface area contributed by atoms with Crippen molar-refractivity contribution in [1.82, 2.24) is 4.90 Å². The summed E-state index contributed by atoms with van der Waals surface area (Å²) in [5.41, 5.74) is 3.28. The van der Waals surface area contributed by atoms with E-state index in [1.54, 1.807) is 11.0 Å². The van der Waals surface area contributed by atoms with E-state index in [0.717, 1.165) is 11.1 Å². The fourth-order valence-corrected chi connectivity index (χ4v) is 4.10. The average Bonchev–Trinajstić information content (AvgIpc) is 2.73. The third-order valence-electron chi connectivity index (χ3n) is 5.26. The Bertz CT molecular complexity index is 1110. The summed E-state index contributed by atoms with van der Waals surface area (Å²) in [6.07, 6.45) is 0.496. The van der Waals surface area contributed by atoms with Gasteiger partial charge in [-0.15, -0.1) is 0 Å². The molecule has 1 amide bonds. The van der Waals surface area contributed by atoms with Crippen LogP contribution in [-0.4, -0.2) is 17.4 Å². The summed E-state index contributed by atoms with van der Waals surface area (Å²) in [6, 6.07) is 17.6. The van der Waals surface area contributed by atoms with Gasteiger partial charge in [0.05, 0.1) is 15.6 Å². The first-order chi connectivity index (χ1) is 15.0. The fraction of sp³-hybridized carbons (Fsp3) is 0.269. The van der Waals surface area contributed by atoms with Crippen LogP contribution in [-0.2, 0) is 18.4 Å². The van der Waals surface area contributed by atoms with E-state index in [9.17, 15) is 9.18 Å². The summed E-state index contributed by atoms with van der Waals surface area (Å²) in [5.74, 6) is -0.585. The molecule has 3 aromatic carbocycles. The van der Waals surface area contributed by atoms with Crippen LogP contribution in [0.25, 0.3) is 0 Å². The lowest BCUT2D eigenvalue weighted by Gasteiger charge is -2.25. The summed E-state index contributed by atoms with van der Waals surface area (Å²) < 4.78 is 13.6. The number of hydrogen-bond acceptors (Lipinski definition) is 1. The molecule has 0 N–H and O–H groups in total. The van der Waals surface area contributed by atoms with Crippen molar-refractivity contribution in [3.63, 3.8) is 0 Å². The Labute approximate surface area is 203 Å². The Kier molecular flexibility index (Phi) is 7.87. The van der Waals surface area contributed by atoms with Gasteiger partial charge in [0, 0.05) is 18.1 Å². The van der Waals surface area contributed by atoms with E-state index in [0.29, 0.717) is 24.5 Å². The largest absolute Gasteiger partial charge is 0.334 e. The highest BCUT2D eigenvalue weighted by Crippen LogP contribution is 2.31. The van der Waals surface area contributed by atoms with Crippen molar-refractivity contribution in [1.29, 1.82) is 0 Å². The lowest BCUT2D eigenvalue weighted by Crippen LogP contribution is -2.33. The van der Waals surface area contributed by atoms with Gasteiger partial charge in [0.15, 0.2) is 0 Å². The second-order valence-corrected chi connectivity index (χ2v) is 10.0. The Morgan fingerprint density at radius 2 is 1.62 bits per heavy atom. The van der Waals surface area contributed by atoms with E-state index in [1.165, 1.54) is 29.8 Å². The van der Waals surface area contributed by atoms with Gasteiger partial charge in [0.1, 0.15) is 5.82 Å². The van der Waals surface area contributed by atoms with Gasteiger partial charge >= 0.3 is 0 Å². The summed E-state index contributed by atoms with van der Waals surface area (Å²) >= 11 is 18.6. The molecule has 0 aliphatic carbocycles. The molecule has 0 saturated carbocycles. The first-order valence-electron chi connectivity index (χ1n) is 10.3. The zero-order valence-corrected chi connectivity index (χ0v) is 20.5. The van der Waals surface area contributed by atoms with Crippen LogP contribution < -0.4 is 0 Å². The van der Waals surface area contributed by atoms with Crippen LogP contribution in [0.2, 0.25) is 15.1 Å². The van der Waals surface area contributed by atoms with E-state index in [2.05, 4.69) is 32.9 Å². The van der Waals surface area contributed by atoms with Gasteiger partial charge in [-0.2, -0.15) is 0 Å². The maximum atomic E-state index is 13.6. The van der Waals surface area contributed by atoms with Crippen molar-refractivity contribution < 1.29 is 9.18 Å². The van der Waals surface area contributed by atoms with Gasteiger partial charge < -0.3 is 4.90 Å². The Hall–Kier alpha value is -2.07. The molecular formula is C26H25Cl3FNO. The third kappa shape index (κ3) is 6.25. The predicted octanol–water partition coefficient (Wildman–Crippen LogP) is 7.97. The lowest BCUT2D eigenvalue weighted by atomic mass is 9.87.